The van der Waals surface area contributed by atoms with E-state index in [0.29, 0.717) is 0 Å². The van der Waals surface area contributed by atoms with Crippen LogP contribution in [0.15, 0.2) is 30.3 Å². The van der Waals surface area contributed by atoms with Crippen molar-refractivity contribution in [3.63, 3.8) is 0 Å². The Kier molecular flexibility index (Phi) is 4.41. The average molecular weight is 247 g/mol. The molecule has 1 unspecified atom stereocenters. The molecule has 1 aromatic rings. The van der Waals surface area contributed by atoms with Crippen LogP contribution >= 0.6 is 0 Å². The second-order valence-corrected chi connectivity index (χ2v) is 5.77. The van der Waals surface area contributed by atoms with Gasteiger partial charge in [-0.2, -0.15) is 0 Å². The first-order valence-corrected chi connectivity index (χ1v) is 7.14. The molecule has 0 bridgehead atoms. The van der Waals surface area contributed by atoms with Crippen LogP contribution in [0.25, 0.3) is 0 Å². The second kappa shape index (κ2) is 5.85. The van der Waals surface area contributed by atoms with Gasteiger partial charge in [-0.1, -0.05) is 37.3 Å². The first-order valence-electron chi connectivity index (χ1n) is 7.14. The molecule has 0 aromatic heterocycles. The lowest BCUT2D eigenvalue weighted by Crippen LogP contribution is -2.46. The summed E-state index contributed by atoms with van der Waals surface area (Å²) >= 11 is 0. The largest absolute Gasteiger partial charge is 0.393 e. The van der Waals surface area contributed by atoms with Gasteiger partial charge < -0.3 is 10.8 Å². The molecule has 3 N–H and O–H groups in total. The molecule has 0 radical (unpaired) electrons. The van der Waals surface area contributed by atoms with Gasteiger partial charge in [0.15, 0.2) is 0 Å². The Hall–Kier alpha value is -0.860. The summed E-state index contributed by atoms with van der Waals surface area (Å²) in [4.78, 5) is 0. The molecule has 1 fully saturated rings. The first-order chi connectivity index (χ1) is 8.66. The fourth-order valence-corrected chi connectivity index (χ4v) is 3.29. The van der Waals surface area contributed by atoms with E-state index in [4.69, 9.17) is 5.73 Å². The minimum absolute atomic E-state index is 0.113. The predicted molar refractivity (Wildman–Crippen MR) is 75.3 cm³/mol. The second-order valence-electron chi connectivity index (χ2n) is 5.77. The Morgan fingerprint density at radius 3 is 2.44 bits per heavy atom. The number of aliphatic hydroxyl groups excluding tert-OH is 1. The topological polar surface area (TPSA) is 46.2 Å². The molecule has 1 aliphatic rings. The Bertz CT molecular complexity index is 355. The summed E-state index contributed by atoms with van der Waals surface area (Å²) < 4.78 is 0. The maximum Gasteiger partial charge on any atom is 0.0540 e. The Balaban J connectivity index is 2.15. The van der Waals surface area contributed by atoms with E-state index in [-0.39, 0.29) is 17.6 Å². The molecule has 0 saturated heterocycles. The number of nitrogens with two attached hydrogens (primary N) is 1. The van der Waals surface area contributed by atoms with Gasteiger partial charge >= 0.3 is 0 Å². The van der Waals surface area contributed by atoms with Crippen LogP contribution in [0.5, 0.6) is 0 Å². The highest BCUT2D eigenvalue weighted by molar-refractivity contribution is 5.17. The molecule has 100 valence electrons. The third-order valence-corrected chi connectivity index (χ3v) is 4.58. The summed E-state index contributed by atoms with van der Waals surface area (Å²) in [6, 6.07) is 10.9. The molecule has 2 rings (SSSR count). The summed E-state index contributed by atoms with van der Waals surface area (Å²) in [5.41, 5.74) is 7.96. The summed E-state index contributed by atoms with van der Waals surface area (Å²) in [7, 11) is 0. The summed E-state index contributed by atoms with van der Waals surface area (Å²) in [5.74, 6) is 0. The van der Waals surface area contributed by atoms with E-state index in [1.165, 1.54) is 5.56 Å². The standard InChI is InChI=1S/C16H25NO/c1-2-15(17)16(10-8-14(18)9-11-16)12-13-6-4-3-5-7-13/h3-7,14-15,18H,2,8-12,17H2,1H3/t14-,15?,16-. The van der Waals surface area contributed by atoms with Gasteiger partial charge in [-0.25, -0.2) is 0 Å². The first kappa shape index (κ1) is 13.6. The van der Waals surface area contributed by atoms with E-state index in [9.17, 15) is 5.11 Å². The number of benzene rings is 1. The molecule has 2 nitrogen and oxygen atoms in total. The molecule has 0 amide bonds. The highest BCUT2D eigenvalue weighted by Gasteiger charge is 2.39. The predicted octanol–water partition coefficient (Wildman–Crippen LogP) is 2.89. The average Bonchev–Trinajstić information content (AvgIpc) is 2.42. The van der Waals surface area contributed by atoms with E-state index in [2.05, 4.69) is 37.3 Å². The van der Waals surface area contributed by atoms with Crippen molar-refractivity contribution in [1.82, 2.24) is 0 Å². The molecule has 1 saturated carbocycles. The highest BCUT2D eigenvalue weighted by Crippen LogP contribution is 2.42. The van der Waals surface area contributed by atoms with Crippen molar-refractivity contribution in [2.45, 2.75) is 57.6 Å². The summed E-state index contributed by atoms with van der Waals surface area (Å²) in [5, 5.41) is 9.72. The summed E-state index contributed by atoms with van der Waals surface area (Å²) in [6.07, 6.45) is 5.87. The van der Waals surface area contributed by atoms with Crippen LogP contribution in [-0.2, 0) is 6.42 Å². The van der Waals surface area contributed by atoms with Crippen molar-refractivity contribution < 1.29 is 5.11 Å². The van der Waals surface area contributed by atoms with E-state index in [1.807, 2.05) is 0 Å². The molecule has 1 aliphatic carbocycles. The van der Waals surface area contributed by atoms with Crippen LogP contribution in [-0.4, -0.2) is 17.3 Å². The molecule has 0 heterocycles. The smallest absolute Gasteiger partial charge is 0.0540 e. The van der Waals surface area contributed by atoms with Crippen LogP contribution in [0.2, 0.25) is 0 Å². The number of hydrogen-bond acceptors (Lipinski definition) is 2. The van der Waals surface area contributed by atoms with Crippen LogP contribution in [0.3, 0.4) is 0 Å². The normalized spacial score (nSPS) is 30.1. The molecule has 1 aromatic carbocycles. The Morgan fingerprint density at radius 1 is 1.28 bits per heavy atom. The zero-order valence-corrected chi connectivity index (χ0v) is 11.3. The van der Waals surface area contributed by atoms with Crippen LogP contribution in [0, 0.1) is 5.41 Å². The van der Waals surface area contributed by atoms with Gasteiger partial charge in [-0.05, 0) is 49.5 Å². The van der Waals surface area contributed by atoms with Crippen molar-refractivity contribution in [3.8, 4) is 0 Å². The molecule has 2 heteroatoms. The zero-order valence-electron chi connectivity index (χ0n) is 11.3. The van der Waals surface area contributed by atoms with Gasteiger partial charge in [0.1, 0.15) is 0 Å². The van der Waals surface area contributed by atoms with Crippen LogP contribution in [0.4, 0.5) is 0 Å². The molecule has 18 heavy (non-hydrogen) atoms. The quantitative estimate of drug-likeness (QED) is 0.859. The molecule has 0 spiro atoms. The lowest BCUT2D eigenvalue weighted by molar-refractivity contribution is 0.0460. The van der Waals surface area contributed by atoms with Crippen molar-refractivity contribution in [2.75, 3.05) is 0 Å². The van der Waals surface area contributed by atoms with E-state index in [0.717, 1.165) is 38.5 Å². The molecule has 0 aliphatic heterocycles. The lowest BCUT2D eigenvalue weighted by atomic mass is 9.65. The molecular formula is C16H25NO. The minimum atomic E-state index is -0.113. The molecular weight excluding hydrogens is 222 g/mol. The maximum atomic E-state index is 9.72. The number of hydrogen-bond donors (Lipinski definition) is 2. The van der Waals surface area contributed by atoms with E-state index in [1.54, 1.807) is 0 Å². The highest BCUT2D eigenvalue weighted by atomic mass is 16.3. The van der Waals surface area contributed by atoms with E-state index >= 15 is 0 Å². The van der Waals surface area contributed by atoms with Gasteiger partial charge in [0.25, 0.3) is 0 Å². The van der Waals surface area contributed by atoms with E-state index < -0.39 is 0 Å². The number of aliphatic hydroxyl groups is 1. The van der Waals surface area contributed by atoms with Gasteiger partial charge in [-0.3, -0.25) is 0 Å². The zero-order chi connectivity index (χ0) is 13.0. The third-order valence-electron chi connectivity index (χ3n) is 4.58. The lowest BCUT2D eigenvalue weighted by Gasteiger charge is -2.43. The minimum Gasteiger partial charge on any atom is -0.393 e. The molecule has 1 atom stereocenters. The van der Waals surface area contributed by atoms with Gasteiger partial charge in [-0.15, -0.1) is 0 Å². The van der Waals surface area contributed by atoms with Crippen LogP contribution in [0.1, 0.15) is 44.6 Å². The van der Waals surface area contributed by atoms with Gasteiger partial charge in [0.2, 0.25) is 0 Å². The van der Waals surface area contributed by atoms with Gasteiger partial charge in [0, 0.05) is 6.04 Å². The van der Waals surface area contributed by atoms with Crippen molar-refractivity contribution in [3.05, 3.63) is 35.9 Å². The van der Waals surface area contributed by atoms with Crippen molar-refractivity contribution >= 4 is 0 Å². The van der Waals surface area contributed by atoms with Crippen molar-refractivity contribution in [1.29, 1.82) is 0 Å². The Morgan fingerprint density at radius 2 is 1.89 bits per heavy atom. The van der Waals surface area contributed by atoms with Gasteiger partial charge in [0.05, 0.1) is 6.10 Å². The fraction of sp³-hybridized carbons (Fsp3) is 0.625. The maximum absolute atomic E-state index is 9.72. The number of rotatable bonds is 4. The third kappa shape index (κ3) is 2.93. The monoisotopic (exact) mass is 247 g/mol. The van der Waals surface area contributed by atoms with Crippen LogP contribution < -0.4 is 5.73 Å². The fourth-order valence-electron chi connectivity index (χ4n) is 3.29. The Labute approximate surface area is 110 Å². The summed E-state index contributed by atoms with van der Waals surface area (Å²) in [6.45, 7) is 2.17. The SMILES string of the molecule is CCC(N)[C@]1(Cc2ccccc2)CC[C@@H](O)CC1. The van der Waals surface area contributed by atoms with Crippen molar-refractivity contribution in [2.24, 2.45) is 11.1 Å².